The third kappa shape index (κ3) is 4.49. The molecule has 0 amide bonds. The molecule has 0 aliphatic heterocycles. The summed E-state index contributed by atoms with van der Waals surface area (Å²) in [6, 6.07) is 11.1. The first kappa shape index (κ1) is 13.1. The van der Waals surface area contributed by atoms with Gasteiger partial charge >= 0.3 is 5.97 Å². The van der Waals surface area contributed by atoms with Crippen LogP contribution in [0.15, 0.2) is 30.3 Å². The Hall–Kier alpha value is -1.35. The van der Waals surface area contributed by atoms with Gasteiger partial charge in [0.2, 0.25) is 0 Å². The van der Waals surface area contributed by atoms with E-state index in [-0.39, 0.29) is 12.0 Å². The molecule has 1 N–H and O–H groups in total. The zero-order valence-corrected chi connectivity index (χ0v) is 10.9. The van der Waals surface area contributed by atoms with E-state index in [0.717, 1.165) is 6.42 Å². The molecule has 0 saturated heterocycles. The molecule has 1 saturated carbocycles. The van der Waals surface area contributed by atoms with Crippen LogP contribution in [-0.2, 0) is 16.0 Å². The highest BCUT2D eigenvalue weighted by molar-refractivity contribution is 5.70. The van der Waals surface area contributed by atoms with Gasteiger partial charge in [0.1, 0.15) is 0 Å². The lowest BCUT2D eigenvalue weighted by atomic mass is 10.0. The van der Waals surface area contributed by atoms with Crippen LogP contribution in [0.1, 0.15) is 31.7 Å². The average molecular weight is 247 g/mol. The van der Waals surface area contributed by atoms with E-state index in [1.165, 1.54) is 18.4 Å². The summed E-state index contributed by atoms with van der Waals surface area (Å²) in [5.41, 5.74) is 1.26. The summed E-state index contributed by atoms with van der Waals surface area (Å²) in [4.78, 5) is 11.6. The minimum atomic E-state index is -0.105. The predicted octanol–water partition coefficient (Wildman–Crippen LogP) is 2.30. The Labute approximate surface area is 109 Å². The third-order valence-corrected chi connectivity index (χ3v) is 3.09. The van der Waals surface area contributed by atoms with E-state index in [2.05, 4.69) is 17.4 Å². The van der Waals surface area contributed by atoms with Crippen LogP contribution in [-0.4, -0.2) is 24.7 Å². The van der Waals surface area contributed by atoms with Gasteiger partial charge in [-0.1, -0.05) is 30.3 Å². The second-order valence-corrected chi connectivity index (χ2v) is 4.84. The van der Waals surface area contributed by atoms with E-state index < -0.39 is 0 Å². The van der Waals surface area contributed by atoms with Gasteiger partial charge < -0.3 is 10.1 Å². The normalized spacial score (nSPS) is 16.3. The Morgan fingerprint density at radius 2 is 2.11 bits per heavy atom. The van der Waals surface area contributed by atoms with Crippen LogP contribution in [0.2, 0.25) is 0 Å². The fourth-order valence-corrected chi connectivity index (χ4v) is 2.09. The molecule has 18 heavy (non-hydrogen) atoms. The van der Waals surface area contributed by atoms with Crippen molar-refractivity contribution in [3.8, 4) is 0 Å². The van der Waals surface area contributed by atoms with E-state index in [1.807, 2.05) is 25.1 Å². The van der Waals surface area contributed by atoms with E-state index >= 15 is 0 Å². The zero-order valence-electron chi connectivity index (χ0n) is 10.9. The van der Waals surface area contributed by atoms with Gasteiger partial charge in [0, 0.05) is 12.1 Å². The number of nitrogens with one attached hydrogen (secondary N) is 1. The maximum Gasteiger partial charge on any atom is 0.307 e. The Morgan fingerprint density at radius 3 is 2.72 bits per heavy atom. The average Bonchev–Trinajstić information content (AvgIpc) is 3.14. The fraction of sp³-hybridized carbons (Fsp3) is 0.533. The van der Waals surface area contributed by atoms with Crippen molar-refractivity contribution in [2.45, 2.75) is 44.7 Å². The summed E-state index contributed by atoms with van der Waals surface area (Å²) < 4.78 is 5.03. The topological polar surface area (TPSA) is 38.3 Å². The van der Waals surface area contributed by atoms with E-state index in [4.69, 9.17) is 4.74 Å². The molecular weight excluding hydrogens is 226 g/mol. The molecule has 0 bridgehead atoms. The number of carbonyl (C=O) groups is 1. The van der Waals surface area contributed by atoms with Crippen LogP contribution in [0, 0.1) is 0 Å². The lowest BCUT2D eigenvalue weighted by Gasteiger charge is -2.17. The van der Waals surface area contributed by atoms with Crippen molar-refractivity contribution < 1.29 is 9.53 Å². The highest BCUT2D eigenvalue weighted by atomic mass is 16.5. The highest BCUT2D eigenvalue weighted by Crippen LogP contribution is 2.21. The second-order valence-electron chi connectivity index (χ2n) is 4.84. The molecule has 98 valence electrons. The summed E-state index contributed by atoms with van der Waals surface area (Å²) in [6.45, 7) is 2.30. The molecule has 1 fully saturated rings. The van der Waals surface area contributed by atoms with Crippen molar-refractivity contribution in [1.29, 1.82) is 0 Å². The number of carbonyl (C=O) groups excluding carboxylic acids is 1. The molecule has 3 nitrogen and oxygen atoms in total. The Morgan fingerprint density at radius 1 is 1.39 bits per heavy atom. The first-order chi connectivity index (χ1) is 8.78. The van der Waals surface area contributed by atoms with Gasteiger partial charge in [0.15, 0.2) is 0 Å². The molecule has 1 unspecified atom stereocenters. The van der Waals surface area contributed by atoms with Crippen molar-refractivity contribution >= 4 is 5.97 Å². The molecule has 1 atom stereocenters. The molecule has 2 rings (SSSR count). The van der Waals surface area contributed by atoms with Crippen molar-refractivity contribution in [3.63, 3.8) is 0 Å². The van der Waals surface area contributed by atoms with E-state index in [9.17, 15) is 4.79 Å². The molecule has 0 heterocycles. The zero-order chi connectivity index (χ0) is 12.8. The lowest BCUT2D eigenvalue weighted by Crippen LogP contribution is -2.35. The molecule has 0 aromatic heterocycles. The number of benzene rings is 1. The van der Waals surface area contributed by atoms with Crippen molar-refractivity contribution in [2.24, 2.45) is 0 Å². The van der Waals surface area contributed by atoms with Crippen LogP contribution in [0.4, 0.5) is 0 Å². The molecule has 1 aliphatic carbocycles. The van der Waals surface area contributed by atoms with Gasteiger partial charge in [-0.2, -0.15) is 0 Å². The standard InChI is InChI=1S/C15H21NO2/c1-2-18-15(17)11-14(16-13-8-9-13)10-12-6-4-3-5-7-12/h3-7,13-14,16H,2,8-11H2,1H3. The SMILES string of the molecule is CCOC(=O)CC(Cc1ccccc1)NC1CC1. The summed E-state index contributed by atoms with van der Waals surface area (Å²) in [6.07, 6.45) is 3.80. The maximum atomic E-state index is 11.6. The molecule has 1 aromatic rings. The summed E-state index contributed by atoms with van der Waals surface area (Å²) in [5.74, 6) is -0.105. The summed E-state index contributed by atoms with van der Waals surface area (Å²) in [5, 5.41) is 3.53. The van der Waals surface area contributed by atoms with Crippen LogP contribution in [0.5, 0.6) is 0 Å². The van der Waals surface area contributed by atoms with E-state index in [1.54, 1.807) is 0 Å². The van der Waals surface area contributed by atoms with Gasteiger partial charge in [0.25, 0.3) is 0 Å². The van der Waals surface area contributed by atoms with Crippen molar-refractivity contribution in [1.82, 2.24) is 5.32 Å². The summed E-state index contributed by atoms with van der Waals surface area (Å²) in [7, 11) is 0. The first-order valence-electron chi connectivity index (χ1n) is 6.73. The van der Waals surface area contributed by atoms with Crippen LogP contribution < -0.4 is 5.32 Å². The molecule has 1 aromatic carbocycles. The van der Waals surface area contributed by atoms with E-state index in [0.29, 0.717) is 19.1 Å². The monoisotopic (exact) mass is 247 g/mol. The van der Waals surface area contributed by atoms with Crippen LogP contribution >= 0.6 is 0 Å². The lowest BCUT2D eigenvalue weighted by molar-refractivity contribution is -0.143. The Balaban J connectivity index is 1.89. The second kappa shape index (κ2) is 6.55. The minimum Gasteiger partial charge on any atom is -0.466 e. The third-order valence-electron chi connectivity index (χ3n) is 3.09. The number of hydrogen-bond acceptors (Lipinski definition) is 3. The first-order valence-corrected chi connectivity index (χ1v) is 6.73. The Kier molecular flexibility index (Phi) is 4.76. The van der Waals surface area contributed by atoms with Gasteiger partial charge in [-0.15, -0.1) is 0 Å². The largest absolute Gasteiger partial charge is 0.466 e. The van der Waals surface area contributed by atoms with Gasteiger partial charge in [-0.05, 0) is 31.7 Å². The summed E-state index contributed by atoms with van der Waals surface area (Å²) >= 11 is 0. The number of hydrogen-bond donors (Lipinski definition) is 1. The number of rotatable bonds is 7. The Bertz CT molecular complexity index is 373. The molecular formula is C15H21NO2. The highest BCUT2D eigenvalue weighted by Gasteiger charge is 2.26. The molecule has 1 aliphatic rings. The quantitative estimate of drug-likeness (QED) is 0.751. The fourth-order valence-electron chi connectivity index (χ4n) is 2.09. The van der Waals surface area contributed by atoms with Crippen LogP contribution in [0.25, 0.3) is 0 Å². The molecule has 3 heteroatoms. The maximum absolute atomic E-state index is 11.6. The van der Waals surface area contributed by atoms with Crippen LogP contribution in [0.3, 0.4) is 0 Å². The van der Waals surface area contributed by atoms with Gasteiger partial charge in [-0.25, -0.2) is 0 Å². The number of ether oxygens (including phenoxy) is 1. The van der Waals surface area contributed by atoms with Gasteiger partial charge in [0.05, 0.1) is 13.0 Å². The predicted molar refractivity (Wildman–Crippen MR) is 71.3 cm³/mol. The molecule has 0 spiro atoms. The van der Waals surface area contributed by atoms with Gasteiger partial charge in [-0.3, -0.25) is 4.79 Å². The molecule has 0 radical (unpaired) electrons. The smallest absolute Gasteiger partial charge is 0.307 e. The van der Waals surface area contributed by atoms with Crippen molar-refractivity contribution in [2.75, 3.05) is 6.61 Å². The number of esters is 1. The van der Waals surface area contributed by atoms with Crippen molar-refractivity contribution in [3.05, 3.63) is 35.9 Å². The minimum absolute atomic E-state index is 0.105.